The van der Waals surface area contributed by atoms with E-state index in [0.29, 0.717) is 18.4 Å². The van der Waals surface area contributed by atoms with Crippen molar-refractivity contribution in [2.75, 3.05) is 6.61 Å². The van der Waals surface area contributed by atoms with Crippen molar-refractivity contribution in [3.63, 3.8) is 0 Å². The fourth-order valence-corrected chi connectivity index (χ4v) is 1.46. The van der Waals surface area contributed by atoms with Crippen molar-refractivity contribution in [3.05, 3.63) is 39.7 Å². The molecule has 0 heterocycles. The lowest BCUT2D eigenvalue weighted by atomic mass is 10.0. The predicted octanol–water partition coefficient (Wildman–Crippen LogP) is 1.93. The molecular formula is C10H14ClFN2O3. The zero-order valence-corrected chi connectivity index (χ0v) is 9.82. The maximum absolute atomic E-state index is 12.8. The molecule has 0 unspecified atom stereocenters. The Hall–Kier alpha value is -1.24. The van der Waals surface area contributed by atoms with E-state index in [4.69, 9.17) is 10.8 Å². The van der Waals surface area contributed by atoms with E-state index in [1.54, 1.807) is 0 Å². The van der Waals surface area contributed by atoms with Gasteiger partial charge < -0.3 is 10.8 Å². The lowest BCUT2D eigenvalue weighted by Gasteiger charge is -2.11. The van der Waals surface area contributed by atoms with Gasteiger partial charge in [0.15, 0.2) is 0 Å². The van der Waals surface area contributed by atoms with E-state index in [1.165, 1.54) is 6.07 Å². The molecule has 0 spiro atoms. The van der Waals surface area contributed by atoms with E-state index in [0.717, 1.165) is 12.1 Å². The Morgan fingerprint density at radius 3 is 2.71 bits per heavy atom. The molecule has 0 radical (unpaired) electrons. The van der Waals surface area contributed by atoms with Crippen LogP contribution in [0.4, 0.5) is 10.1 Å². The number of halogens is 2. The van der Waals surface area contributed by atoms with Gasteiger partial charge in [-0.1, -0.05) is 0 Å². The van der Waals surface area contributed by atoms with Crippen LogP contribution in [0.1, 0.15) is 24.4 Å². The zero-order valence-electron chi connectivity index (χ0n) is 9.01. The van der Waals surface area contributed by atoms with Crippen LogP contribution >= 0.6 is 12.4 Å². The Balaban J connectivity index is 0.00000256. The first-order valence-electron chi connectivity index (χ1n) is 4.86. The summed E-state index contributed by atoms with van der Waals surface area (Å²) in [6.45, 7) is -0.0251. The molecule has 0 saturated carbocycles. The number of benzene rings is 1. The van der Waals surface area contributed by atoms with Crippen LogP contribution in [-0.4, -0.2) is 16.6 Å². The Morgan fingerprint density at radius 2 is 2.18 bits per heavy atom. The molecule has 7 heteroatoms. The summed E-state index contributed by atoms with van der Waals surface area (Å²) in [6, 6.07) is 2.75. The summed E-state index contributed by atoms with van der Waals surface area (Å²) < 4.78 is 12.8. The van der Waals surface area contributed by atoms with Crippen molar-refractivity contribution in [2.24, 2.45) is 5.73 Å². The molecule has 17 heavy (non-hydrogen) atoms. The van der Waals surface area contributed by atoms with Gasteiger partial charge in [-0.2, -0.15) is 0 Å². The van der Waals surface area contributed by atoms with Gasteiger partial charge >= 0.3 is 0 Å². The molecular weight excluding hydrogens is 251 g/mol. The van der Waals surface area contributed by atoms with Gasteiger partial charge in [0.1, 0.15) is 5.82 Å². The number of hydrogen-bond donors (Lipinski definition) is 2. The first-order chi connectivity index (χ1) is 7.56. The molecule has 3 N–H and O–H groups in total. The minimum atomic E-state index is -0.662. The van der Waals surface area contributed by atoms with Crippen LogP contribution < -0.4 is 5.73 Å². The van der Waals surface area contributed by atoms with Crippen molar-refractivity contribution in [1.82, 2.24) is 0 Å². The van der Waals surface area contributed by atoms with Crippen molar-refractivity contribution in [2.45, 2.75) is 18.9 Å². The molecule has 0 amide bonds. The Morgan fingerprint density at radius 1 is 1.53 bits per heavy atom. The Kier molecular flexibility index (Phi) is 6.64. The fraction of sp³-hybridized carbons (Fsp3) is 0.400. The third kappa shape index (κ3) is 4.26. The molecule has 5 nitrogen and oxygen atoms in total. The summed E-state index contributed by atoms with van der Waals surface area (Å²) in [6.07, 6.45) is 0.874. The van der Waals surface area contributed by atoms with Gasteiger partial charge in [-0.3, -0.25) is 10.1 Å². The van der Waals surface area contributed by atoms with Crippen LogP contribution in [0, 0.1) is 15.9 Å². The second kappa shape index (κ2) is 7.16. The van der Waals surface area contributed by atoms with Gasteiger partial charge in [0.2, 0.25) is 0 Å². The number of aliphatic hydroxyl groups is 1. The average molecular weight is 265 g/mol. The monoisotopic (exact) mass is 264 g/mol. The summed E-state index contributed by atoms with van der Waals surface area (Å²) in [5, 5.41) is 19.3. The van der Waals surface area contributed by atoms with Gasteiger partial charge in [-0.25, -0.2) is 4.39 Å². The first kappa shape index (κ1) is 15.8. The van der Waals surface area contributed by atoms with E-state index in [2.05, 4.69) is 0 Å². The Bertz CT molecular complexity index is 390. The Labute approximate surface area is 104 Å². The molecule has 0 aromatic heterocycles. The molecule has 0 aliphatic rings. The molecule has 96 valence electrons. The van der Waals surface area contributed by atoms with Gasteiger partial charge in [0.05, 0.1) is 11.0 Å². The highest BCUT2D eigenvalue weighted by molar-refractivity contribution is 5.85. The van der Waals surface area contributed by atoms with Gasteiger partial charge in [0, 0.05) is 18.2 Å². The number of rotatable bonds is 5. The van der Waals surface area contributed by atoms with E-state index in [-0.39, 0.29) is 24.7 Å². The van der Waals surface area contributed by atoms with Crippen molar-refractivity contribution < 1.29 is 14.4 Å². The second-order valence-corrected chi connectivity index (χ2v) is 3.43. The summed E-state index contributed by atoms with van der Waals surface area (Å²) in [5.74, 6) is -0.662. The minimum Gasteiger partial charge on any atom is -0.396 e. The molecule has 0 fully saturated rings. The molecule has 0 saturated heterocycles. The zero-order chi connectivity index (χ0) is 12.1. The molecule has 0 bridgehead atoms. The smallest absolute Gasteiger partial charge is 0.277 e. The van der Waals surface area contributed by atoms with Crippen LogP contribution in [0.25, 0.3) is 0 Å². The van der Waals surface area contributed by atoms with Gasteiger partial charge in [-0.05, 0) is 25.0 Å². The lowest BCUT2D eigenvalue weighted by molar-refractivity contribution is -0.385. The normalized spacial score (nSPS) is 11.7. The van der Waals surface area contributed by atoms with Gasteiger partial charge in [-0.15, -0.1) is 12.4 Å². The van der Waals surface area contributed by atoms with E-state index >= 15 is 0 Å². The van der Waals surface area contributed by atoms with Crippen LogP contribution in [0.5, 0.6) is 0 Å². The third-order valence-corrected chi connectivity index (χ3v) is 2.26. The highest BCUT2D eigenvalue weighted by atomic mass is 35.5. The number of aliphatic hydroxyl groups excluding tert-OH is 1. The highest BCUT2D eigenvalue weighted by Gasteiger charge is 2.19. The standard InChI is InChI=1S/C10H13FN2O3.ClH/c11-7-3-4-8(9(12)2-1-5-14)10(6-7)13(15)16;/h3-4,6,9,14H,1-2,5,12H2;1H/t9-;/m0./s1. The number of hydrogen-bond acceptors (Lipinski definition) is 4. The topological polar surface area (TPSA) is 89.4 Å². The van der Waals surface area contributed by atoms with Crippen molar-refractivity contribution >= 4 is 18.1 Å². The maximum Gasteiger partial charge on any atom is 0.277 e. The average Bonchev–Trinajstić information content (AvgIpc) is 2.25. The summed E-state index contributed by atoms with van der Waals surface area (Å²) in [4.78, 5) is 10.0. The fourth-order valence-electron chi connectivity index (χ4n) is 1.46. The van der Waals surface area contributed by atoms with E-state index < -0.39 is 16.8 Å². The SMILES string of the molecule is Cl.N[C@@H](CCCO)c1ccc(F)cc1[N+](=O)[O-]. The minimum absolute atomic E-state index is 0. The molecule has 1 rings (SSSR count). The van der Waals surface area contributed by atoms with Crippen LogP contribution in [0.2, 0.25) is 0 Å². The van der Waals surface area contributed by atoms with Crippen molar-refractivity contribution in [1.29, 1.82) is 0 Å². The van der Waals surface area contributed by atoms with E-state index in [1.807, 2.05) is 0 Å². The van der Waals surface area contributed by atoms with Crippen molar-refractivity contribution in [3.8, 4) is 0 Å². The summed E-state index contributed by atoms with van der Waals surface area (Å²) >= 11 is 0. The van der Waals surface area contributed by atoms with Crippen LogP contribution in [0.15, 0.2) is 18.2 Å². The molecule has 1 aromatic rings. The van der Waals surface area contributed by atoms with E-state index in [9.17, 15) is 14.5 Å². The molecule has 0 aliphatic heterocycles. The van der Waals surface area contributed by atoms with Gasteiger partial charge in [0.25, 0.3) is 5.69 Å². The maximum atomic E-state index is 12.8. The number of nitro groups is 1. The second-order valence-electron chi connectivity index (χ2n) is 3.43. The summed E-state index contributed by atoms with van der Waals surface area (Å²) in [7, 11) is 0. The lowest BCUT2D eigenvalue weighted by Crippen LogP contribution is -2.13. The predicted molar refractivity (Wildman–Crippen MR) is 63.6 cm³/mol. The molecule has 1 atom stereocenters. The molecule has 1 aromatic carbocycles. The quantitative estimate of drug-likeness (QED) is 0.628. The largest absolute Gasteiger partial charge is 0.396 e. The first-order valence-corrected chi connectivity index (χ1v) is 4.86. The number of nitro benzene ring substituents is 1. The molecule has 0 aliphatic carbocycles. The summed E-state index contributed by atoms with van der Waals surface area (Å²) in [5.41, 5.74) is 5.71. The number of nitrogens with zero attached hydrogens (tertiary/aromatic N) is 1. The highest BCUT2D eigenvalue weighted by Crippen LogP contribution is 2.26. The number of nitrogens with two attached hydrogens (primary N) is 1. The van der Waals surface area contributed by atoms with Crippen LogP contribution in [0.3, 0.4) is 0 Å². The third-order valence-electron chi connectivity index (χ3n) is 2.26. The van der Waals surface area contributed by atoms with Crippen LogP contribution in [-0.2, 0) is 0 Å².